The average Bonchev–Trinajstić information content (AvgIpc) is 2.39. The third kappa shape index (κ3) is 2.92. The molecular formula is C16H17ClO. The number of rotatable bonds is 3. The normalized spacial score (nSPS) is 12.7. The predicted octanol–water partition coefficient (Wildman–Crippen LogP) is 4.70. The first-order valence-corrected chi connectivity index (χ1v) is 6.49. The molecule has 0 saturated carbocycles. The van der Waals surface area contributed by atoms with Crippen LogP contribution >= 0.6 is 11.6 Å². The van der Waals surface area contributed by atoms with Gasteiger partial charge >= 0.3 is 0 Å². The van der Waals surface area contributed by atoms with E-state index in [-0.39, 0.29) is 5.92 Å². The van der Waals surface area contributed by atoms with E-state index in [9.17, 15) is 5.11 Å². The van der Waals surface area contributed by atoms with Crippen molar-refractivity contribution in [3.8, 4) is 11.1 Å². The lowest BCUT2D eigenvalue weighted by atomic mass is 9.96. The minimum absolute atomic E-state index is 0.228. The summed E-state index contributed by atoms with van der Waals surface area (Å²) >= 11 is 5.87. The van der Waals surface area contributed by atoms with Crippen molar-refractivity contribution < 1.29 is 5.11 Å². The van der Waals surface area contributed by atoms with Crippen molar-refractivity contribution in [2.24, 2.45) is 5.92 Å². The van der Waals surface area contributed by atoms with Gasteiger partial charge in [0.1, 0.15) is 0 Å². The van der Waals surface area contributed by atoms with Crippen LogP contribution in [0, 0.1) is 5.92 Å². The van der Waals surface area contributed by atoms with E-state index in [2.05, 4.69) is 0 Å². The van der Waals surface area contributed by atoms with E-state index >= 15 is 0 Å². The average molecular weight is 261 g/mol. The quantitative estimate of drug-likeness (QED) is 0.848. The zero-order valence-electron chi connectivity index (χ0n) is 10.6. The van der Waals surface area contributed by atoms with Crippen LogP contribution in [0.2, 0.25) is 5.02 Å². The summed E-state index contributed by atoms with van der Waals surface area (Å²) in [5.74, 6) is 0.228. The molecule has 0 amide bonds. The highest BCUT2D eigenvalue weighted by atomic mass is 35.5. The van der Waals surface area contributed by atoms with Gasteiger partial charge in [0.15, 0.2) is 0 Å². The summed E-state index contributed by atoms with van der Waals surface area (Å²) in [4.78, 5) is 0. The Kier molecular flexibility index (Phi) is 4.05. The van der Waals surface area contributed by atoms with Crippen LogP contribution in [0.1, 0.15) is 25.5 Å². The first kappa shape index (κ1) is 13.1. The Morgan fingerprint density at radius 3 is 1.72 bits per heavy atom. The lowest BCUT2D eigenvalue weighted by Gasteiger charge is -2.15. The van der Waals surface area contributed by atoms with Crippen LogP contribution in [0.25, 0.3) is 11.1 Å². The summed E-state index contributed by atoms with van der Waals surface area (Å²) in [6, 6.07) is 15.8. The first-order valence-electron chi connectivity index (χ1n) is 6.12. The van der Waals surface area contributed by atoms with E-state index in [1.807, 2.05) is 62.4 Å². The zero-order chi connectivity index (χ0) is 13.1. The minimum atomic E-state index is -0.399. The lowest BCUT2D eigenvalue weighted by Crippen LogP contribution is -2.04. The van der Waals surface area contributed by atoms with Gasteiger partial charge in [-0.15, -0.1) is 0 Å². The summed E-state index contributed by atoms with van der Waals surface area (Å²) in [5.41, 5.74) is 3.22. The van der Waals surface area contributed by atoms with E-state index in [1.54, 1.807) is 0 Å². The van der Waals surface area contributed by atoms with Crippen molar-refractivity contribution in [1.29, 1.82) is 0 Å². The molecule has 1 N–H and O–H groups in total. The van der Waals surface area contributed by atoms with Crippen molar-refractivity contribution in [2.75, 3.05) is 0 Å². The van der Waals surface area contributed by atoms with Gasteiger partial charge in [-0.3, -0.25) is 0 Å². The van der Waals surface area contributed by atoms with Gasteiger partial charge in [0.05, 0.1) is 6.10 Å². The zero-order valence-corrected chi connectivity index (χ0v) is 11.4. The van der Waals surface area contributed by atoms with Gasteiger partial charge in [-0.05, 0) is 34.7 Å². The Balaban J connectivity index is 2.24. The summed E-state index contributed by atoms with van der Waals surface area (Å²) in [7, 11) is 0. The molecule has 1 atom stereocenters. The lowest BCUT2D eigenvalue weighted by molar-refractivity contribution is 0.127. The molecule has 0 heterocycles. The van der Waals surface area contributed by atoms with Gasteiger partial charge in [0.25, 0.3) is 0 Å². The largest absolute Gasteiger partial charge is 0.388 e. The molecule has 0 radical (unpaired) electrons. The number of benzene rings is 2. The molecule has 0 aliphatic carbocycles. The molecule has 2 aromatic carbocycles. The summed E-state index contributed by atoms with van der Waals surface area (Å²) in [6.07, 6.45) is -0.399. The Morgan fingerprint density at radius 1 is 0.833 bits per heavy atom. The fourth-order valence-corrected chi connectivity index (χ4v) is 2.03. The van der Waals surface area contributed by atoms with Gasteiger partial charge in [0.2, 0.25) is 0 Å². The molecular weight excluding hydrogens is 244 g/mol. The van der Waals surface area contributed by atoms with Gasteiger partial charge < -0.3 is 5.11 Å². The number of halogens is 1. The maximum absolute atomic E-state index is 9.98. The molecule has 1 nitrogen and oxygen atoms in total. The van der Waals surface area contributed by atoms with Crippen molar-refractivity contribution in [2.45, 2.75) is 20.0 Å². The molecule has 0 saturated heterocycles. The van der Waals surface area contributed by atoms with Crippen molar-refractivity contribution >= 4 is 11.6 Å². The molecule has 94 valence electrons. The second-order valence-corrected chi connectivity index (χ2v) is 5.25. The van der Waals surface area contributed by atoms with Crippen molar-refractivity contribution in [3.05, 3.63) is 59.1 Å². The molecule has 0 aliphatic heterocycles. The predicted molar refractivity (Wildman–Crippen MR) is 76.7 cm³/mol. The Morgan fingerprint density at radius 2 is 1.28 bits per heavy atom. The molecule has 2 heteroatoms. The van der Waals surface area contributed by atoms with Gasteiger partial charge in [-0.2, -0.15) is 0 Å². The molecule has 0 fully saturated rings. The minimum Gasteiger partial charge on any atom is -0.388 e. The topological polar surface area (TPSA) is 20.2 Å². The van der Waals surface area contributed by atoms with E-state index < -0.39 is 6.10 Å². The second-order valence-electron chi connectivity index (χ2n) is 4.82. The van der Waals surface area contributed by atoms with Gasteiger partial charge in [-0.25, -0.2) is 0 Å². The summed E-state index contributed by atoms with van der Waals surface area (Å²) in [5, 5.41) is 10.7. The number of aliphatic hydroxyl groups is 1. The number of hydrogen-bond donors (Lipinski definition) is 1. The van der Waals surface area contributed by atoms with Crippen LogP contribution in [0.3, 0.4) is 0 Å². The number of aliphatic hydroxyl groups excluding tert-OH is 1. The Hall–Kier alpha value is -1.31. The highest BCUT2D eigenvalue weighted by molar-refractivity contribution is 6.30. The molecule has 0 aromatic heterocycles. The van der Waals surface area contributed by atoms with Crippen LogP contribution in [-0.2, 0) is 0 Å². The van der Waals surface area contributed by atoms with Crippen LogP contribution in [-0.4, -0.2) is 5.11 Å². The first-order chi connectivity index (χ1) is 8.58. The van der Waals surface area contributed by atoms with Crippen molar-refractivity contribution in [1.82, 2.24) is 0 Å². The van der Waals surface area contributed by atoms with Crippen LogP contribution < -0.4 is 0 Å². The van der Waals surface area contributed by atoms with Crippen molar-refractivity contribution in [3.63, 3.8) is 0 Å². The number of hydrogen-bond acceptors (Lipinski definition) is 1. The van der Waals surface area contributed by atoms with E-state index in [1.165, 1.54) is 0 Å². The highest BCUT2D eigenvalue weighted by Gasteiger charge is 2.11. The third-order valence-electron chi connectivity index (χ3n) is 3.06. The third-order valence-corrected chi connectivity index (χ3v) is 3.31. The highest BCUT2D eigenvalue weighted by Crippen LogP contribution is 2.26. The second kappa shape index (κ2) is 5.55. The van der Waals surface area contributed by atoms with Crippen LogP contribution in [0.5, 0.6) is 0 Å². The maximum Gasteiger partial charge on any atom is 0.0812 e. The van der Waals surface area contributed by atoms with Gasteiger partial charge in [0, 0.05) is 5.02 Å². The molecule has 2 aromatic rings. The Labute approximate surface area is 113 Å². The van der Waals surface area contributed by atoms with Crippen LogP contribution in [0.4, 0.5) is 0 Å². The van der Waals surface area contributed by atoms with E-state index in [0.717, 1.165) is 21.7 Å². The molecule has 0 spiro atoms. The molecule has 1 unspecified atom stereocenters. The van der Waals surface area contributed by atoms with E-state index in [0.29, 0.717) is 0 Å². The molecule has 2 rings (SSSR count). The summed E-state index contributed by atoms with van der Waals surface area (Å²) < 4.78 is 0. The SMILES string of the molecule is CC(C)C(O)c1ccc(-c2ccc(Cl)cc2)cc1. The molecule has 0 bridgehead atoms. The standard InChI is InChI=1S/C16H17ClO/c1-11(2)16(18)14-5-3-12(4-6-14)13-7-9-15(17)10-8-13/h3-11,16,18H,1-2H3. The molecule has 18 heavy (non-hydrogen) atoms. The summed E-state index contributed by atoms with van der Waals surface area (Å²) in [6.45, 7) is 4.02. The smallest absolute Gasteiger partial charge is 0.0812 e. The maximum atomic E-state index is 9.98. The fourth-order valence-electron chi connectivity index (χ4n) is 1.90. The fraction of sp³-hybridized carbons (Fsp3) is 0.250. The van der Waals surface area contributed by atoms with Gasteiger partial charge in [-0.1, -0.05) is 61.8 Å². The monoisotopic (exact) mass is 260 g/mol. The van der Waals surface area contributed by atoms with Crippen LogP contribution in [0.15, 0.2) is 48.5 Å². The van der Waals surface area contributed by atoms with E-state index in [4.69, 9.17) is 11.6 Å². The molecule has 0 aliphatic rings. The Bertz CT molecular complexity index is 500.